The molecule has 0 radical (unpaired) electrons. The van der Waals surface area contributed by atoms with Crippen molar-refractivity contribution in [1.82, 2.24) is 9.97 Å². The van der Waals surface area contributed by atoms with Gasteiger partial charge in [-0.15, -0.1) is 0 Å². The zero-order chi connectivity index (χ0) is 17.1. The van der Waals surface area contributed by atoms with E-state index in [1.54, 1.807) is 12.1 Å². The van der Waals surface area contributed by atoms with E-state index < -0.39 is 11.6 Å². The first-order valence-corrected chi connectivity index (χ1v) is 7.33. The standard InChI is InChI=1S/C17H15F2N3O2/c18-13-6-12-15(7-14(13)19)21-9-22-17(12)20-4-3-10-1-2-16(24)11(5-10)8-23/h1-2,5-7,9,23-24H,3-4,8H2,(H,20,21,22). The Labute approximate surface area is 136 Å². The van der Waals surface area contributed by atoms with Crippen LogP contribution in [0.15, 0.2) is 36.7 Å². The van der Waals surface area contributed by atoms with Gasteiger partial charge in [0.25, 0.3) is 0 Å². The average Bonchev–Trinajstić information content (AvgIpc) is 2.58. The molecule has 0 saturated heterocycles. The predicted molar refractivity (Wildman–Crippen MR) is 85.7 cm³/mol. The third-order valence-electron chi connectivity index (χ3n) is 3.70. The Morgan fingerprint density at radius 2 is 1.83 bits per heavy atom. The molecular weight excluding hydrogens is 316 g/mol. The van der Waals surface area contributed by atoms with Gasteiger partial charge in [0.15, 0.2) is 11.6 Å². The molecule has 3 N–H and O–H groups in total. The van der Waals surface area contributed by atoms with Crippen molar-refractivity contribution in [3.05, 3.63) is 59.4 Å². The van der Waals surface area contributed by atoms with Crippen molar-refractivity contribution < 1.29 is 19.0 Å². The summed E-state index contributed by atoms with van der Waals surface area (Å²) in [5, 5.41) is 22.2. The summed E-state index contributed by atoms with van der Waals surface area (Å²) in [5.74, 6) is -1.44. The van der Waals surface area contributed by atoms with E-state index >= 15 is 0 Å². The fraction of sp³-hybridized carbons (Fsp3) is 0.176. The molecule has 2 aromatic carbocycles. The Balaban J connectivity index is 1.75. The highest BCUT2D eigenvalue weighted by Gasteiger charge is 2.09. The SMILES string of the molecule is OCc1cc(CCNc2ncnc3cc(F)c(F)cc23)ccc1O. The molecule has 0 spiro atoms. The quantitative estimate of drug-likeness (QED) is 0.670. The number of hydrogen-bond acceptors (Lipinski definition) is 5. The summed E-state index contributed by atoms with van der Waals surface area (Å²) in [6.45, 7) is 0.245. The molecule has 7 heteroatoms. The number of hydrogen-bond donors (Lipinski definition) is 3. The molecule has 0 bridgehead atoms. The van der Waals surface area contributed by atoms with E-state index in [0.29, 0.717) is 35.2 Å². The number of phenols is 1. The van der Waals surface area contributed by atoms with Crippen molar-refractivity contribution in [3.63, 3.8) is 0 Å². The molecule has 0 unspecified atom stereocenters. The highest BCUT2D eigenvalue weighted by molar-refractivity contribution is 5.88. The molecule has 5 nitrogen and oxygen atoms in total. The van der Waals surface area contributed by atoms with Crippen molar-refractivity contribution in [2.24, 2.45) is 0 Å². The lowest BCUT2D eigenvalue weighted by Gasteiger charge is -2.10. The Hall–Kier alpha value is -2.80. The summed E-state index contributed by atoms with van der Waals surface area (Å²) in [6.07, 6.45) is 1.88. The number of benzene rings is 2. The van der Waals surface area contributed by atoms with E-state index in [0.717, 1.165) is 17.7 Å². The van der Waals surface area contributed by atoms with E-state index in [1.165, 1.54) is 12.4 Å². The van der Waals surface area contributed by atoms with Crippen LogP contribution in [-0.2, 0) is 13.0 Å². The van der Waals surface area contributed by atoms with E-state index in [4.69, 9.17) is 5.11 Å². The van der Waals surface area contributed by atoms with Crippen molar-refractivity contribution in [3.8, 4) is 5.75 Å². The predicted octanol–water partition coefficient (Wildman–Crippen LogP) is 2.76. The molecule has 0 atom stereocenters. The first-order valence-electron chi connectivity index (χ1n) is 7.33. The van der Waals surface area contributed by atoms with E-state index in [1.807, 2.05) is 0 Å². The maximum Gasteiger partial charge on any atom is 0.161 e. The summed E-state index contributed by atoms with van der Waals surface area (Å²) in [7, 11) is 0. The van der Waals surface area contributed by atoms with Crippen LogP contribution in [0.1, 0.15) is 11.1 Å². The molecule has 1 aromatic heterocycles. The normalized spacial score (nSPS) is 11.0. The van der Waals surface area contributed by atoms with Crippen LogP contribution in [-0.4, -0.2) is 26.7 Å². The molecule has 0 fully saturated rings. The molecule has 0 saturated carbocycles. The first kappa shape index (κ1) is 16.1. The second kappa shape index (κ2) is 6.76. The fourth-order valence-corrected chi connectivity index (χ4v) is 2.44. The Morgan fingerprint density at radius 3 is 2.62 bits per heavy atom. The number of fused-ring (bicyclic) bond motifs is 1. The maximum atomic E-state index is 13.4. The van der Waals surface area contributed by atoms with Gasteiger partial charge in [-0.1, -0.05) is 6.07 Å². The van der Waals surface area contributed by atoms with E-state index in [9.17, 15) is 13.9 Å². The van der Waals surface area contributed by atoms with Crippen LogP contribution >= 0.6 is 0 Å². The number of halogens is 2. The second-order valence-corrected chi connectivity index (χ2v) is 5.30. The van der Waals surface area contributed by atoms with Gasteiger partial charge in [-0.3, -0.25) is 0 Å². The number of aromatic hydroxyl groups is 1. The third-order valence-corrected chi connectivity index (χ3v) is 3.70. The van der Waals surface area contributed by atoms with Crippen LogP contribution in [0.5, 0.6) is 5.75 Å². The van der Waals surface area contributed by atoms with E-state index in [-0.39, 0.29) is 12.4 Å². The van der Waals surface area contributed by atoms with Gasteiger partial charge < -0.3 is 15.5 Å². The molecule has 1 heterocycles. The van der Waals surface area contributed by atoms with Crippen LogP contribution in [0.25, 0.3) is 10.9 Å². The van der Waals surface area contributed by atoms with Crippen LogP contribution in [0, 0.1) is 11.6 Å². The number of nitrogens with zero attached hydrogens (tertiary/aromatic N) is 2. The van der Waals surface area contributed by atoms with Gasteiger partial charge in [-0.05, 0) is 30.2 Å². The number of aromatic nitrogens is 2. The van der Waals surface area contributed by atoms with Crippen LogP contribution in [0.3, 0.4) is 0 Å². The van der Waals surface area contributed by atoms with Gasteiger partial charge in [0.05, 0.1) is 12.1 Å². The lowest BCUT2D eigenvalue weighted by atomic mass is 10.1. The maximum absolute atomic E-state index is 13.4. The Kier molecular flexibility index (Phi) is 4.52. The fourth-order valence-electron chi connectivity index (χ4n) is 2.44. The molecule has 0 aliphatic heterocycles. The first-order chi connectivity index (χ1) is 11.6. The second-order valence-electron chi connectivity index (χ2n) is 5.30. The number of aliphatic hydroxyl groups is 1. The number of anilines is 1. The lowest BCUT2D eigenvalue weighted by molar-refractivity contribution is 0.275. The Bertz CT molecular complexity index is 887. The van der Waals surface area contributed by atoms with Crippen LogP contribution < -0.4 is 5.32 Å². The van der Waals surface area contributed by atoms with Gasteiger partial charge in [0.1, 0.15) is 17.9 Å². The summed E-state index contributed by atoms with van der Waals surface area (Å²) in [4.78, 5) is 7.99. The van der Waals surface area contributed by atoms with Crippen LogP contribution in [0.2, 0.25) is 0 Å². The van der Waals surface area contributed by atoms with Gasteiger partial charge in [0, 0.05) is 23.6 Å². The largest absolute Gasteiger partial charge is 0.508 e. The van der Waals surface area contributed by atoms with Crippen molar-refractivity contribution >= 4 is 16.7 Å². The number of rotatable bonds is 5. The van der Waals surface area contributed by atoms with Gasteiger partial charge >= 0.3 is 0 Å². The lowest BCUT2D eigenvalue weighted by Crippen LogP contribution is -2.07. The highest BCUT2D eigenvalue weighted by Crippen LogP contribution is 2.22. The summed E-state index contributed by atoms with van der Waals surface area (Å²) in [6, 6.07) is 7.09. The monoisotopic (exact) mass is 331 g/mol. The molecule has 0 amide bonds. The zero-order valence-corrected chi connectivity index (χ0v) is 12.6. The van der Waals surface area contributed by atoms with Crippen molar-refractivity contribution in [2.75, 3.05) is 11.9 Å². The molecule has 0 aliphatic carbocycles. The van der Waals surface area contributed by atoms with Crippen molar-refractivity contribution in [2.45, 2.75) is 13.0 Å². The molecule has 24 heavy (non-hydrogen) atoms. The minimum Gasteiger partial charge on any atom is -0.508 e. The highest BCUT2D eigenvalue weighted by atomic mass is 19.2. The van der Waals surface area contributed by atoms with Crippen molar-refractivity contribution in [1.29, 1.82) is 0 Å². The average molecular weight is 331 g/mol. The number of aliphatic hydroxyl groups excluding tert-OH is 1. The van der Waals surface area contributed by atoms with Crippen LogP contribution in [0.4, 0.5) is 14.6 Å². The minimum absolute atomic E-state index is 0.0495. The molecule has 3 aromatic rings. The molecule has 124 valence electrons. The zero-order valence-electron chi connectivity index (χ0n) is 12.6. The Morgan fingerprint density at radius 1 is 1.04 bits per heavy atom. The number of nitrogens with one attached hydrogen (secondary N) is 1. The van der Waals surface area contributed by atoms with Gasteiger partial charge in [0.2, 0.25) is 0 Å². The van der Waals surface area contributed by atoms with Gasteiger partial charge in [-0.25, -0.2) is 18.7 Å². The summed E-state index contributed by atoms with van der Waals surface area (Å²) in [5.41, 5.74) is 1.69. The molecular formula is C17H15F2N3O2. The smallest absolute Gasteiger partial charge is 0.161 e. The third kappa shape index (κ3) is 3.26. The molecule has 3 rings (SSSR count). The topological polar surface area (TPSA) is 78.3 Å². The van der Waals surface area contributed by atoms with Gasteiger partial charge in [-0.2, -0.15) is 0 Å². The summed E-state index contributed by atoms with van der Waals surface area (Å²) < 4.78 is 26.7. The summed E-state index contributed by atoms with van der Waals surface area (Å²) >= 11 is 0. The van der Waals surface area contributed by atoms with E-state index in [2.05, 4.69) is 15.3 Å². The minimum atomic E-state index is -0.952. The molecule has 0 aliphatic rings.